The van der Waals surface area contributed by atoms with Crippen LogP contribution in [0.3, 0.4) is 0 Å². The third kappa shape index (κ3) is 41.3. The lowest BCUT2D eigenvalue weighted by atomic mass is 9.82. The minimum Gasteiger partial charge on any atom is -0.481 e. The molecule has 18 heteroatoms. The summed E-state index contributed by atoms with van der Waals surface area (Å²) >= 11 is 0. The Morgan fingerprint density at radius 1 is 0.530 bits per heavy atom. The summed E-state index contributed by atoms with van der Waals surface area (Å²) in [5.41, 5.74) is 6.02. The molecule has 0 aromatic carbocycles. The highest BCUT2D eigenvalue weighted by Gasteiger charge is 2.51. The number of ether oxygens (including phenoxy) is 4. The van der Waals surface area contributed by atoms with Crippen molar-refractivity contribution in [3.63, 3.8) is 0 Å². The Morgan fingerprint density at radius 2 is 0.976 bits per heavy atom. The van der Waals surface area contributed by atoms with Crippen molar-refractivity contribution in [1.29, 1.82) is 0 Å². The van der Waals surface area contributed by atoms with E-state index in [4.69, 9.17) is 24.7 Å². The van der Waals surface area contributed by atoms with Crippen molar-refractivity contribution in [3.05, 3.63) is 85.1 Å². The van der Waals surface area contributed by atoms with Gasteiger partial charge in [-0.3, -0.25) is 9.59 Å². The summed E-state index contributed by atoms with van der Waals surface area (Å²) < 4.78 is 23.1. The summed E-state index contributed by atoms with van der Waals surface area (Å²) in [6, 6.07) is -1.15. The summed E-state index contributed by atoms with van der Waals surface area (Å²) in [4.78, 5) is 25.1. The molecule has 3 heterocycles. The van der Waals surface area contributed by atoms with Crippen LogP contribution in [-0.4, -0.2) is 166 Å². The molecule has 0 spiro atoms. The van der Waals surface area contributed by atoms with Gasteiger partial charge in [0, 0.05) is 37.5 Å². The Kier molecular flexibility index (Phi) is 88.2. The lowest BCUT2D eigenvalue weighted by Gasteiger charge is -2.45. The molecule has 3 aliphatic heterocycles. The SMILES string of the molecule is C.C.C.C.C.C.C.C.C.C.C.C.C.C.C.C.C.C.CC1O[C@@H](O[C@H]2/C=C/C=C/C=C/C=C/C=C/C=C/C=C/[C@H](C)[C@@H](O)[C@@H](C)[C@H](C)OC(=O)C[C@H](O)C[C@H](O)CC[C@@H](O)[C@H](O)C[C@H](O)C[C@]3(O)C[C@H](O)[C@@H](C(=O)O)[C@H](C2)O3)C(O)C(N)[C@@H]1O. The molecule has 0 aromatic heterocycles. The molecule has 512 valence electrons. The minimum atomic E-state index is -2.33. The molecule has 2 fully saturated rings. The molecular weight excluding hydrogens is 1070 g/mol. The van der Waals surface area contributed by atoms with Crippen LogP contribution >= 0.6 is 0 Å². The number of fused-ring (bicyclic) bond motifs is 2. The zero-order valence-corrected chi connectivity index (χ0v) is 37.6. The van der Waals surface area contributed by atoms with Gasteiger partial charge >= 0.3 is 11.9 Å². The van der Waals surface area contributed by atoms with Crippen molar-refractivity contribution in [2.75, 3.05) is 0 Å². The van der Waals surface area contributed by atoms with Crippen LogP contribution in [0.4, 0.5) is 0 Å². The van der Waals surface area contributed by atoms with E-state index in [1.165, 1.54) is 13.0 Å². The zero-order chi connectivity index (χ0) is 48.4. The number of hydrogen-bond donors (Lipinski definition) is 12. The fourth-order valence-corrected chi connectivity index (χ4v) is 7.97. The third-order valence-corrected chi connectivity index (χ3v) is 12.0. The molecule has 19 atom stereocenters. The van der Waals surface area contributed by atoms with Crippen LogP contribution in [0, 0.1) is 17.8 Å². The highest BCUT2D eigenvalue weighted by atomic mass is 16.7. The molecule has 0 aromatic rings. The summed E-state index contributed by atoms with van der Waals surface area (Å²) in [5, 5.41) is 118. The summed E-state index contributed by atoms with van der Waals surface area (Å²) in [5.74, 6) is -6.83. The van der Waals surface area contributed by atoms with Crippen molar-refractivity contribution in [3.8, 4) is 0 Å². The highest BCUT2D eigenvalue weighted by Crippen LogP contribution is 2.38. The summed E-state index contributed by atoms with van der Waals surface area (Å²) in [7, 11) is 0. The number of hydrogen-bond acceptors (Lipinski definition) is 17. The smallest absolute Gasteiger partial charge is 0.311 e. The lowest BCUT2D eigenvalue weighted by Crippen LogP contribution is -2.61. The van der Waals surface area contributed by atoms with E-state index in [-0.39, 0.29) is 165 Å². The average Bonchev–Trinajstić information content (AvgIpc) is 3.21. The molecule has 0 aliphatic carbocycles. The van der Waals surface area contributed by atoms with E-state index in [1.54, 1.807) is 80.7 Å². The number of cyclic esters (lactones) is 1. The van der Waals surface area contributed by atoms with Crippen LogP contribution < -0.4 is 5.73 Å². The van der Waals surface area contributed by atoms with E-state index in [2.05, 4.69) is 0 Å². The molecule has 2 bridgehead atoms. The second kappa shape index (κ2) is 60.3. The van der Waals surface area contributed by atoms with Gasteiger partial charge in [-0.15, -0.1) is 0 Å². The first kappa shape index (κ1) is 122. The molecule has 18 nitrogen and oxygen atoms in total. The quantitative estimate of drug-likeness (QED) is 0.117. The van der Waals surface area contributed by atoms with Gasteiger partial charge in [0.15, 0.2) is 12.1 Å². The number of allylic oxidation sites excluding steroid dienone is 12. The van der Waals surface area contributed by atoms with E-state index >= 15 is 0 Å². The molecule has 3 aliphatic rings. The summed E-state index contributed by atoms with van der Waals surface area (Å²) in [6.07, 6.45) is 3.46. The third-order valence-electron chi connectivity index (χ3n) is 12.0. The topological polar surface area (TPSA) is 320 Å². The average molecular weight is 1210 g/mol. The minimum absolute atomic E-state index is 0. The number of rotatable bonds is 3. The van der Waals surface area contributed by atoms with Gasteiger partial charge in [-0.25, -0.2) is 0 Å². The van der Waals surface area contributed by atoms with E-state index in [9.17, 15) is 65.8 Å². The van der Waals surface area contributed by atoms with Crippen molar-refractivity contribution in [2.45, 2.75) is 310 Å². The van der Waals surface area contributed by atoms with Gasteiger partial charge in [0.2, 0.25) is 0 Å². The number of aliphatic carboxylic acids is 1. The lowest BCUT2D eigenvalue weighted by molar-refractivity contribution is -0.308. The largest absolute Gasteiger partial charge is 0.481 e. The van der Waals surface area contributed by atoms with Gasteiger partial charge in [-0.1, -0.05) is 233 Å². The van der Waals surface area contributed by atoms with Gasteiger partial charge in [-0.05, 0) is 33.1 Å². The second-order valence-electron chi connectivity index (χ2n) is 17.6. The van der Waals surface area contributed by atoms with Crippen LogP contribution in [-0.2, 0) is 28.5 Å². The van der Waals surface area contributed by atoms with E-state index < -0.39 is 147 Å². The van der Waals surface area contributed by atoms with Crippen LogP contribution in [0.5, 0.6) is 0 Å². The van der Waals surface area contributed by atoms with E-state index in [1.807, 2.05) is 19.1 Å². The Balaban J connectivity index is -0.000000178. The van der Waals surface area contributed by atoms with Crippen LogP contribution in [0.25, 0.3) is 0 Å². The molecule has 13 N–H and O–H groups in total. The number of carbonyl (C=O) groups is 2. The molecule has 0 radical (unpaired) electrons. The molecule has 0 saturated carbocycles. The molecule has 2 saturated heterocycles. The van der Waals surface area contributed by atoms with Gasteiger partial charge < -0.3 is 80.9 Å². The van der Waals surface area contributed by atoms with Crippen LogP contribution in [0.15, 0.2) is 85.1 Å². The first-order valence-corrected chi connectivity index (χ1v) is 22.3. The van der Waals surface area contributed by atoms with Gasteiger partial charge in [0.05, 0.1) is 79.6 Å². The molecule has 0 amide bonds. The maximum atomic E-state index is 12.6. The molecule has 3 rings (SSSR count). The number of carboxylic acid groups (broad SMARTS) is 1. The molecule has 3 unspecified atom stereocenters. The van der Waals surface area contributed by atoms with E-state index in [0.717, 1.165) is 0 Å². The highest BCUT2D eigenvalue weighted by molar-refractivity contribution is 5.71. The standard InChI is InChI=1S/C47H73NO17.18CH4/c1-27-17-15-13-11-9-7-5-6-8-10-12-14-16-18-34(64-46-44(58)41(48)43(57)30(4)63-46)24-38-40(45(59)60)37(54)26-47(61,65-38)25-33(51)22-36(53)35(52)20-19-31(49)21-32(50)23-39(55)62-29(3)28(2)42(27)56;;;;;;;;;;;;;;;;;;/h5-18,27-38,40-44,46,49-54,56-58,61H,19-26,48H2,1-4H3,(H,59,60);18*1H4/b6-5+,9-7+,10-8+,13-11+,14-12+,17-15+,18-16+;;;;;;;;;;;;;;;;;;/t27-,28-,29-,30?,31+,32+,33-,34-,35+,36+,37-,38-,40+,41?,42+,43+,44?,46-,47+;;;;;;;;;;;;;;;;;;/m0................../s1. The predicted molar refractivity (Wildman–Crippen MR) is 358 cm³/mol. The number of carboxylic acids is 1. The number of aliphatic hydroxyl groups is 10. The molecule has 83 heavy (non-hydrogen) atoms. The van der Waals surface area contributed by atoms with Crippen molar-refractivity contribution in [2.24, 2.45) is 23.5 Å². The van der Waals surface area contributed by atoms with Gasteiger partial charge in [-0.2, -0.15) is 0 Å². The Labute approximate surface area is 513 Å². The fraction of sp³-hybridized carbons (Fsp3) is 0.754. The van der Waals surface area contributed by atoms with Crippen molar-refractivity contribution < 1.29 is 84.7 Å². The summed E-state index contributed by atoms with van der Waals surface area (Å²) in [6.45, 7) is 6.74. The number of aliphatic hydroxyl groups excluding tert-OH is 9. The fourth-order valence-electron chi connectivity index (χ4n) is 7.97. The van der Waals surface area contributed by atoms with E-state index in [0.29, 0.717) is 0 Å². The second-order valence-corrected chi connectivity index (χ2v) is 17.6. The van der Waals surface area contributed by atoms with Crippen molar-refractivity contribution in [1.82, 2.24) is 0 Å². The first-order chi connectivity index (χ1) is 30.6. The Hall–Kier alpha value is -3.44. The number of esters is 1. The number of carbonyl (C=O) groups excluding carboxylic acids is 1. The Bertz CT molecular complexity index is 1670. The predicted octanol–water partition coefficient (Wildman–Crippen LogP) is 12.2. The zero-order valence-electron chi connectivity index (χ0n) is 37.6. The monoisotopic (exact) mass is 1210 g/mol. The van der Waals surface area contributed by atoms with Crippen LogP contribution in [0.1, 0.15) is 213 Å². The van der Waals surface area contributed by atoms with Gasteiger partial charge in [0.1, 0.15) is 18.1 Å². The first-order valence-electron chi connectivity index (χ1n) is 22.3. The normalized spacial score (nSPS) is 35.6. The molecular formula is C65H145NO17. The van der Waals surface area contributed by atoms with Crippen molar-refractivity contribution >= 4 is 11.9 Å². The maximum absolute atomic E-state index is 12.6. The maximum Gasteiger partial charge on any atom is 0.311 e. The number of nitrogens with two attached hydrogens (primary N) is 1. The Morgan fingerprint density at radius 3 is 1.43 bits per heavy atom. The van der Waals surface area contributed by atoms with Crippen LogP contribution in [0.2, 0.25) is 0 Å². The van der Waals surface area contributed by atoms with Gasteiger partial charge in [0.25, 0.3) is 0 Å².